The number of thiophene rings is 1. The number of carbonyl (C=O) groups excluding carboxylic acids is 2. The first-order valence-electron chi connectivity index (χ1n) is 8.47. The predicted molar refractivity (Wildman–Crippen MR) is 105 cm³/mol. The topological polar surface area (TPSA) is 104 Å². The van der Waals surface area contributed by atoms with Gasteiger partial charge in [0.1, 0.15) is 0 Å². The van der Waals surface area contributed by atoms with Gasteiger partial charge in [0, 0.05) is 23.0 Å². The first-order chi connectivity index (χ1) is 12.8. The van der Waals surface area contributed by atoms with Gasteiger partial charge in [0.15, 0.2) is 0 Å². The molecule has 0 saturated carbocycles. The van der Waals surface area contributed by atoms with Gasteiger partial charge in [-0.3, -0.25) is 9.59 Å². The third-order valence-electron chi connectivity index (χ3n) is 3.53. The summed E-state index contributed by atoms with van der Waals surface area (Å²) in [7, 11) is -3.64. The highest BCUT2D eigenvalue weighted by Crippen LogP contribution is 2.12. The van der Waals surface area contributed by atoms with Crippen LogP contribution < -0.4 is 15.4 Å². The summed E-state index contributed by atoms with van der Waals surface area (Å²) in [6, 6.07) is 9.45. The molecule has 146 valence electrons. The van der Waals surface area contributed by atoms with E-state index in [9.17, 15) is 18.0 Å². The van der Waals surface area contributed by atoms with Gasteiger partial charge in [0.05, 0.1) is 11.4 Å². The van der Waals surface area contributed by atoms with Crippen LogP contribution in [0.1, 0.15) is 29.1 Å². The first kappa shape index (κ1) is 21.1. The minimum atomic E-state index is -3.64. The van der Waals surface area contributed by atoms with Gasteiger partial charge in [0.2, 0.25) is 15.9 Å². The average molecular weight is 410 g/mol. The summed E-state index contributed by atoms with van der Waals surface area (Å²) in [6.07, 6.45) is 0.621. The molecule has 3 N–H and O–H groups in total. The minimum absolute atomic E-state index is 0.00814. The number of amides is 2. The maximum Gasteiger partial charge on any atom is 0.251 e. The highest BCUT2D eigenvalue weighted by molar-refractivity contribution is 7.89. The molecule has 27 heavy (non-hydrogen) atoms. The fraction of sp³-hybridized carbons (Fsp3) is 0.333. The van der Waals surface area contributed by atoms with Gasteiger partial charge in [-0.2, -0.15) is 0 Å². The van der Waals surface area contributed by atoms with Gasteiger partial charge in [-0.25, -0.2) is 13.1 Å². The highest BCUT2D eigenvalue weighted by Gasteiger charge is 2.15. The van der Waals surface area contributed by atoms with Crippen molar-refractivity contribution in [3.05, 3.63) is 52.2 Å². The van der Waals surface area contributed by atoms with E-state index in [1.807, 2.05) is 31.4 Å². The van der Waals surface area contributed by atoms with E-state index in [0.717, 1.165) is 4.88 Å². The van der Waals surface area contributed by atoms with E-state index >= 15 is 0 Å². The van der Waals surface area contributed by atoms with Crippen molar-refractivity contribution in [1.82, 2.24) is 15.4 Å². The quantitative estimate of drug-likeness (QED) is 0.584. The number of nitrogens with one attached hydrogen (secondary N) is 3. The number of carbonyl (C=O) groups is 2. The molecule has 2 amide bonds. The summed E-state index contributed by atoms with van der Waals surface area (Å²) >= 11 is 1.58. The zero-order chi connectivity index (χ0) is 19.9. The SMILES string of the molecule is CC(C)NC(=O)CNC(=O)c1ccc(S(=O)(=O)NCCc2cccs2)cc1. The predicted octanol–water partition coefficient (Wildman–Crippen LogP) is 1.52. The van der Waals surface area contributed by atoms with Gasteiger partial charge in [-0.15, -0.1) is 11.3 Å². The lowest BCUT2D eigenvalue weighted by molar-refractivity contribution is -0.120. The fourth-order valence-electron chi connectivity index (χ4n) is 2.27. The summed E-state index contributed by atoms with van der Waals surface area (Å²) < 4.78 is 27.1. The van der Waals surface area contributed by atoms with Gasteiger partial charge < -0.3 is 10.6 Å². The molecule has 0 unspecified atom stereocenters. The second kappa shape index (κ2) is 9.63. The van der Waals surface area contributed by atoms with Crippen molar-refractivity contribution in [3.63, 3.8) is 0 Å². The Bertz CT molecular complexity index is 861. The first-order valence-corrected chi connectivity index (χ1v) is 10.8. The lowest BCUT2D eigenvalue weighted by atomic mass is 10.2. The zero-order valence-corrected chi connectivity index (χ0v) is 16.8. The molecule has 1 aromatic heterocycles. The largest absolute Gasteiger partial charge is 0.352 e. The molecule has 0 spiro atoms. The Balaban J connectivity index is 1.89. The Morgan fingerprint density at radius 1 is 1.11 bits per heavy atom. The maximum atomic E-state index is 12.3. The standard InChI is InChI=1S/C18H23N3O4S2/c1-13(2)21-17(22)12-19-18(23)14-5-7-16(8-6-14)27(24,25)20-10-9-15-4-3-11-26-15/h3-8,11,13,20H,9-10,12H2,1-2H3,(H,19,23)(H,21,22). The van der Waals surface area contributed by atoms with Crippen molar-refractivity contribution in [2.45, 2.75) is 31.2 Å². The second-order valence-electron chi connectivity index (χ2n) is 6.16. The lowest BCUT2D eigenvalue weighted by Gasteiger charge is -2.10. The highest BCUT2D eigenvalue weighted by atomic mass is 32.2. The van der Waals surface area contributed by atoms with Crippen molar-refractivity contribution < 1.29 is 18.0 Å². The molecular weight excluding hydrogens is 386 g/mol. The molecule has 2 aromatic rings. The van der Waals surface area contributed by atoms with Crippen molar-refractivity contribution in [1.29, 1.82) is 0 Å². The summed E-state index contributed by atoms with van der Waals surface area (Å²) in [4.78, 5) is 24.8. The third-order valence-corrected chi connectivity index (χ3v) is 5.94. The molecule has 0 radical (unpaired) electrons. The molecule has 1 aromatic carbocycles. The van der Waals surface area contributed by atoms with Gasteiger partial charge >= 0.3 is 0 Å². The van der Waals surface area contributed by atoms with Gasteiger partial charge in [-0.1, -0.05) is 6.07 Å². The van der Waals surface area contributed by atoms with Crippen LogP contribution in [0, 0.1) is 0 Å². The van der Waals surface area contributed by atoms with E-state index in [-0.39, 0.29) is 29.0 Å². The number of rotatable bonds is 9. The molecule has 0 aliphatic carbocycles. The molecule has 9 heteroatoms. The summed E-state index contributed by atoms with van der Waals surface area (Å²) in [5.74, 6) is -0.726. The number of benzene rings is 1. The van der Waals surface area contributed by atoms with E-state index in [0.29, 0.717) is 13.0 Å². The molecule has 1 heterocycles. The van der Waals surface area contributed by atoms with Crippen molar-refractivity contribution in [2.75, 3.05) is 13.1 Å². The molecule has 0 saturated heterocycles. The molecular formula is C18H23N3O4S2. The van der Waals surface area contributed by atoms with Gasteiger partial charge in [-0.05, 0) is 56.0 Å². The Kier molecular flexibility index (Phi) is 7.52. The normalized spacial score (nSPS) is 11.4. The molecule has 0 aliphatic heterocycles. The molecule has 0 bridgehead atoms. The van der Waals surface area contributed by atoms with Crippen LogP contribution in [0.4, 0.5) is 0 Å². The summed E-state index contributed by atoms with van der Waals surface area (Å²) in [5.41, 5.74) is 0.282. The van der Waals surface area contributed by atoms with Gasteiger partial charge in [0.25, 0.3) is 5.91 Å². The zero-order valence-electron chi connectivity index (χ0n) is 15.2. The minimum Gasteiger partial charge on any atom is -0.352 e. The molecule has 0 atom stereocenters. The molecule has 0 fully saturated rings. The number of hydrogen-bond acceptors (Lipinski definition) is 5. The van der Waals surface area contributed by atoms with Crippen LogP contribution in [-0.2, 0) is 21.2 Å². The lowest BCUT2D eigenvalue weighted by Crippen LogP contribution is -2.39. The summed E-state index contributed by atoms with van der Waals surface area (Å²) in [6.45, 7) is 3.82. The van der Waals surface area contributed by atoms with Crippen LogP contribution in [0.3, 0.4) is 0 Å². The number of sulfonamides is 1. The molecule has 2 rings (SSSR count). The van der Waals surface area contributed by atoms with E-state index in [1.165, 1.54) is 24.3 Å². The average Bonchev–Trinajstić information content (AvgIpc) is 3.12. The Morgan fingerprint density at radius 3 is 2.41 bits per heavy atom. The van der Waals surface area contributed by atoms with E-state index in [1.54, 1.807) is 11.3 Å². The van der Waals surface area contributed by atoms with Crippen molar-refractivity contribution >= 4 is 33.2 Å². The van der Waals surface area contributed by atoms with Crippen LogP contribution in [0.15, 0.2) is 46.7 Å². The smallest absolute Gasteiger partial charge is 0.251 e. The second-order valence-corrected chi connectivity index (χ2v) is 8.96. The van der Waals surface area contributed by atoms with Crippen LogP contribution in [0.2, 0.25) is 0 Å². The monoisotopic (exact) mass is 409 g/mol. The van der Waals surface area contributed by atoms with Crippen LogP contribution >= 0.6 is 11.3 Å². The molecule has 0 aliphatic rings. The van der Waals surface area contributed by atoms with Crippen LogP contribution in [0.5, 0.6) is 0 Å². The number of hydrogen-bond donors (Lipinski definition) is 3. The Morgan fingerprint density at radius 2 is 1.81 bits per heavy atom. The van der Waals surface area contributed by atoms with E-state index < -0.39 is 15.9 Å². The van der Waals surface area contributed by atoms with Crippen molar-refractivity contribution in [3.8, 4) is 0 Å². The van der Waals surface area contributed by atoms with E-state index in [4.69, 9.17) is 0 Å². The van der Waals surface area contributed by atoms with Crippen LogP contribution in [-0.4, -0.2) is 39.4 Å². The van der Waals surface area contributed by atoms with E-state index in [2.05, 4.69) is 15.4 Å². The Hall–Kier alpha value is -2.23. The Labute approximate surface area is 163 Å². The summed E-state index contributed by atoms with van der Waals surface area (Å²) in [5, 5.41) is 7.11. The van der Waals surface area contributed by atoms with Crippen molar-refractivity contribution in [2.24, 2.45) is 0 Å². The maximum absolute atomic E-state index is 12.3. The van der Waals surface area contributed by atoms with Crippen LogP contribution in [0.25, 0.3) is 0 Å². The third kappa shape index (κ3) is 6.78. The molecule has 7 nitrogen and oxygen atoms in total. The fourth-order valence-corrected chi connectivity index (χ4v) is 4.01.